The molecule has 1 aromatic rings. The summed E-state index contributed by atoms with van der Waals surface area (Å²) in [6.45, 7) is 5.58. The summed E-state index contributed by atoms with van der Waals surface area (Å²) in [7, 11) is -4.61. The van der Waals surface area contributed by atoms with Gasteiger partial charge in [-0.1, -0.05) is 20.8 Å². The number of esters is 2. The van der Waals surface area contributed by atoms with Crippen LogP contribution in [0, 0.1) is 0 Å². The van der Waals surface area contributed by atoms with Gasteiger partial charge in [0.25, 0.3) is 10.1 Å². The molecular weight excluding hydrogens is 336 g/mol. The minimum Gasteiger partial charge on any atom is -0.462 e. The van der Waals surface area contributed by atoms with Gasteiger partial charge in [0, 0.05) is 0 Å². The smallest absolute Gasteiger partial charge is 0.338 e. The summed E-state index contributed by atoms with van der Waals surface area (Å²) >= 11 is 0. The lowest BCUT2D eigenvalue weighted by atomic mass is 10.0. The third kappa shape index (κ3) is 5.04. The molecule has 0 saturated carbocycles. The minimum atomic E-state index is -4.61. The van der Waals surface area contributed by atoms with Crippen LogP contribution in [0.3, 0.4) is 0 Å². The zero-order chi connectivity index (χ0) is 18.3. The highest BCUT2D eigenvalue weighted by atomic mass is 32.2. The van der Waals surface area contributed by atoms with Gasteiger partial charge in [0.2, 0.25) is 0 Å². The van der Waals surface area contributed by atoms with Gasteiger partial charge < -0.3 is 9.47 Å². The standard InChI is InChI=1S/C16H22O7S/c1-4-7-22-15(17)11-9-13(16(18)23-8-5-2)12(6-3)14(10-11)24(19,20)21/h9-10H,4-8H2,1-3H3,(H,19,20,21). The van der Waals surface area contributed by atoms with Crippen molar-refractivity contribution in [3.8, 4) is 0 Å². The molecule has 0 heterocycles. The van der Waals surface area contributed by atoms with Crippen LogP contribution in [0.4, 0.5) is 0 Å². The van der Waals surface area contributed by atoms with Gasteiger partial charge in [0.15, 0.2) is 0 Å². The van der Waals surface area contributed by atoms with E-state index in [1.54, 1.807) is 6.92 Å². The molecule has 134 valence electrons. The highest BCUT2D eigenvalue weighted by Crippen LogP contribution is 2.24. The van der Waals surface area contributed by atoms with E-state index >= 15 is 0 Å². The van der Waals surface area contributed by atoms with Gasteiger partial charge in [-0.3, -0.25) is 4.55 Å². The zero-order valence-electron chi connectivity index (χ0n) is 14.0. The molecule has 0 saturated heterocycles. The maximum absolute atomic E-state index is 12.2. The van der Waals surface area contributed by atoms with Crippen LogP contribution in [0.1, 0.15) is 59.9 Å². The van der Waals surface area contributed by atoms with Crippen molar-refractivity contribution in [3.05, 3.63) is 28.8 Å². The van der Waals surface area contributed by atoms with E-state index in [1.165, 1.54) is 6.07 Å². The van der Waals surface area contributed by atoms with E-state index in [-0.39, 0.29) is 36.3 Å². The van der Waals surface area contributed by atoms with Crippen molar-refractivity contribution in [2.24, 2.45) is 0 Å². The van der Waals surface area contributed by atoms with Gasteiger partial charge in [-0.15, -0.1) is 0 Å². The van der Waals surface area contributed by atoms with Gasteiger partial charge >= 0.3 is 11.9 Å². The lowest BCUT2D eigenvalue weighted by Crippen LogP contribution is -2.16. The van der Waals surface area contributed by atoms with Gasteiger partial charge in [0.1, 0.15) is 0 Å². The Morgan fingerprint density at radius 3 is 2.00 bits per heavy atom. The van der Waals surface area contributed by atoms with Crippen molar-refractivity contribution < 1.29 is 32.0 Å². The molecule has 0 atom stereocenters. The maximum atomic E-state index is 12.2. The molecule has 0 unspecified atom stereocenters. The molecule has 0 amide bonds. The molecule has 0 bridgehead atoms. The van der Waals surface area contributed by atoms with Crippen LogP contribution in [-0.4, -0.2) is 38.1 Å². The second-order valence-corrected chi connectivity index (χ2v) is 6.49. The lowest BCUT2D eigenvalue weighted by Gasteiger charge is -2.14. The highest BCUT2D eigenvalue weighted by molar-refractivity contribution is 7.85. The van der Waals surface area contributed by atoms with E-state index in [2.05, 4.69) is 0 Å². The van der Waals surface area contributed by atoms with E-state index in [1.807, 2.05) is 13.8 Å². The first-order valence-electron chi connectivity index (χ1n) is 7.74. The fourth-order valence-corrected chi connectivity index (χ4v) is 2.93. The molecule has 0 aliphatic carbocycles. The number of rotatable bonds is 8. The predicted octanol–water partition coefficient (Wildman–Crippen LogP) is 2.63. The molecule has 7 nitrogen and oxygen atoms in total. The van der Waals surface area contributed by atoms with Crippen LogP contribution >= 0.6 is 0 Å². The molecule has 1 N–H and O–H groups in total. The quantitative estimate of drug-likeness (QED) is 0.562. The summed E-state index contributed by atoms with van der Waals surface area (Å²) in [4.78, 5) is 23.7. The van der Waals surface area contributed by atoms with Gasteiger partial charge in [-0.05, 0) is 37.0 Å². The van der Waals surface area contributed by atoms with E-state index in [4.69, 9.17) is 9.47 Å². The number of benzene rings is 1. The topological polar surface area (TPSA) is 107 Å². The van der Waals surface area contributed by atoms with Crippen molar-refractivity contribution in [3.63, 3.8) is 0 Å². The summed E-state index contributed by atoms with van der Waals surface area (Å²) in [6.07, 6.45) is 1.35. The van der Waals surface area contributed by atoms with E-state index in [9.17, 15) is 22.6 Å². The molecular formula is C16H22O7S. The number of carbonyl (C=O) groups is 2. The Bertz CT molecular complexity index is 707. The number of carbonyl (C=O) groups excluding carboxylic acids is 2. The Balaban J connectivity index is 3.48. The number of ether oxygens (including phenoxy) is 2. The first kappa shape index (κ1) is 20.1. The van der Waals surface area contributed by atoms with Gasteiger partial charge in [0.05, 0.1) is 29.2 Å². The van der Waals surface area contributed by atoms with Crippen LogP contribution in [-0.2, 0) is 26.0 Å². The summed E-state index contributed by atoms with van der Waals surface area (Å²) in [5.41, 5.74) is -0.0908. The molecule has 1 rings (SSSR count). The van der Waals surface area contributed by atoms with Crippen molar-refractivity contribution in [2.45, 2.75) is 44.9 Å². The van der Waals surface area contributed by atoms with Crippen LogP contribution in [0.2, 0.25) is 0 Å². The number of hydrogen-bond donors (Lipinski definition) is 1. The average molecular weight is 358 g/mol. The fourth-order valence-electron chi connectivity index (χ4n) is 2.09. The molecule has 24 heavy (non-hydrogen) atoms. The Kier molecular flexibility index (Phi) is 7.37. The van der Waals surface area contributed by atoms with Crippen LogP contribution in [0.25, 0.3) is 0 Å². The SMILES string of the molecule is CCCOC(=O)c1cc(C(=O)OCCC)c(CC)c(S(=O)(=O)O)c1. The molecule has 1 aromatic carbocycles. The van der Waals surface area contributed by atoms with Crippen molar-refractivity contribution in [1.29, 1.82) is 0 Å². The first-order valence-corrected chi connectivity index (χ1v) is 9.18. The second kappa shape index (κ2) is 8.79. The van der Waals surface area contributed by atoms with Crippen LogP contribution in [0.5, 0.6) is 0 Å². The summed E-state index contributed by atoms with van der Waals surface area (Å²) < 4.78 is 42.7. The van der Waals surface area contributed by atoms with Crippen molar-refractivity contribution >= 4 is 22.1 Å². The summed E-state index contributed by atoms with van der Waals surface area (Å²) in [5.74, 6) is -1.52. The molecule has 0 aliphatic rings. The van der Waals surface area contributed by atoms with Crippen molar-refractivity contribution in [1.82, 2.24) is 0 Å². The molecule has 0 aromatic heterocycles. The van der Waals surface area contributed by atoms with E-state index in [0.717, 1.165) is 6.07 Å². The molecule has 0 fully saturated rings. The average Bonchev–Trinajstić information content (AvgIpc) is 2.55. The van der Waals surface area contributed by atoms with E-state index in [0.29, 0.717) is 12.8 Å². The Morgan fingerprint density at radius 1 is 1.00 bits per heavy atom. The summed E-state index contributed by atoms with van der Waals surface area (Å²) in [6, 6.07) is 2.26. The Labute approximate surface area is 141 Å². The lowest BCUT2D eigenvalue weighted by molar-refractivity contribution is 0.0502. The minimum absolute atomic E-state index is 0.0653. The maximum Gasteiger partial charge on any atom is 0.338 e. The van der Waals surface area contributed by atoms with Crippen LogP contribution in [0.15, 0.2) is 17.0 Å². The number of hydrogen-bond acceptors (Lipinski definition) is 6. The Hall–Kier alpha value is -1.93. The van der Waals surface area contributed by atoms with Gasteiger partial charge in [-0.25, -0.2) is 9.59 Å². The van der Waals surface area contributed by atoms with Gasteiger partial charge in [-0.2, -0.15) is 8.42 Å². The largest absolute Gasteiger partial charge is 0.462 e. The highest BCUT2D eigenvalue weighted by Gasteiger charge is 2.25. The predicted molar refractivity (Wildman–Crippen MR) is 86.8 cm³/mol. The molecule has 8 heteroatoms. The second-order valence-electron chi connectivity index (χ2n) is 5.10. The van der Waals surface area contributed by atoms with Crippen LogP contribution < -0.4 is 0 Å². The monoisotopic (exact) mass is 358 g/mol. The van der Waals surface area contributed by atoms with E-state index < -0.39 is 27.0 Å². The third-order valence-corrected chi connectivity index (χ3v) is 4.09. The zero-order valence-corrected chi connectivity index (χ0v) is 14.8. The normalized spacial score (nSPS) is 11.2. The molecule has 0 spiro atoms. The fraction of sp³-hybridized carbons (Fsp3) is 0.500. The molecule has 0 aliphatic heterocycles. The first-order chi connectivity index (χ1) is 11.3. The molecule has 0 radical (unpaired) electrons. The third-order valence-electron chi connectivity index (χ3n) is 3.17. The van der Waals surface area contributed by atoms with Crippen molar-refractivity contribution in [2.75, 3.05) is 13.2 Å². The summed E-state index contributed by atoms with van der Waals surface area (Å²) in [5, 5.41) is 0. The Morgan fingerprint density at radius 2 is 1.54 bits per heavy atom.